The van der Waals surface area contributed by atoms with Crippen molar-refractivity contribution in [1.82, 2.24) is 19.9 Å². The van der Waals surface area contributed by atoms with Gasteiger partial charge < -0.3 is 10.6 Å². The summed E-state index contributed by atoms with van der Waals surface area (Å²) in [7, 11) is 0. The molecule has 0 amide bonds. The van der Waals surface area contributed by atoms with Gasteiger partial charge in [0.25, 0.3) is 0 Å². The van der Waals surface area contributed by atoms with E-state index in [4.69, 9.17) is 5.73 Å². The van der Waals surface area contributed by atoms with Gasteiger partial charge in [-0.3, -0.25) is 9.88 Å². The molecule has 0 bridgehead atoms. The quantitative estimate of drug-likeness (QED) is 0.842. The summed E-state index contributed by atoms with van der Waals surface area (Å²) in [5, 5.41) is 0. The maximum atomic E-state index is 5.58. The molecule has 6 heteroatoms. The highest BCUT2D eigenvalue weighted by molar-refractivity contribution is 5.71. The Morgan fingerprint density at radius 3 is 2.63 bits per heavy atom. The zero-order valence-electron chi connectivity index (χ0n) is 10.9. The predicted molar refractivity (Wildman–Crippen MR) is 75.0 cm³/mol. The lowest BCUT2D eigenvalue weighted by molar-refractivity contribution is 0.264. The van der Waals surface area contributed by atoms with Crippen LogP contribution in [0.15, 0.2) is 24.5 Å². The van der Waals surface area contributed by atoms with Crippen LogP contribution in [-0.2, 0) is 0 Å². The number of pyridine rings is 1. The van der Waals surface area contributed by atoms with Gasteiger partial charge in [-0.05, 0) is 12.1 Å². The first-order valence-electron chi connectivity index (χ1n) is 6.62. The minimum atomic E-state index is 0.712. The third kappa shape index (κ3) is 2.64. The summed E-state index contributed by atoms with van der Waals surface area (Å²) in [6.07, 6.45) is 3.37. The average molecular weight is 258 g/mol. The fourth-order valence-corrected chi connectivity index (χ4v) is 2.40. The van der Waals surface area contributed by atoms with Crippen LogP contribution in [0, 0.1) is 0 Å². The molecule has 19 heavy (non-hydrogen) atoms. The van der Waals surface area contributed by atoms with E-state index in [0.717, 1.165) is 50.6 Å². The SMILES string of the molecule is NCCN1CCN(c2ccc3nccnc3n2)CC1. The van der Waals surface area contributed by atoms with Gasteiger partial charge in [0.15, 0.2) is 5.65 Å². The van der Waals surface area contributed by atoms with Crippen LogP contribution in [0.25, 0.3) is 11.2 Å². The molecule has 0 aliphatic carbocycles. The number of hydrogen-bond donors (Lipinski definition) is 1. The Morgan fingerprint density at radius 2 is 1.84 bits per heavy atom. The van der Waals surface area contributed by atoms with E-state index in [9.17, 15) is 0 Å². The third-order valence-electron chi connectivity index (χ3n) is 3.46. The van der Waals surface area contributed by atoms with Crippen LogP contribution in [0.2, 0.25) is 0 Å². The number of fused-ring (bicyclic) bond motifs is 1. The van der Waals surface area contributed by atoms with Crippen molar-refractivity contribution < 1.29 is 0 Å². The van der Waals surface area contributed by atoms with Gasteiger partial charge in [-0.1, -0.05) is 0 Å². The van der Waals surface area contributed by atoms with Crippen molar-refractivity contribution in [1.29, 1.82) is 0 Å². The van der Waals surface area contributed by atoms with Crippen molar-refractivity contribution in [2.75, 3.05) is 44.2 Å². The first-order chi connectivity index (χ1) is 9.36. The molecular weight excluding hydrogens is 240 g/mol. The Bertz CT molecular complexity index is 550. The number of piperazine rings is 1. The normalized spacial score (nSPS) is 17.0. The van der Waals surface area contributed by atoms with Crippen LogP contribution in [0.4, 0.5) is 5.82 Å². The first-order valence-corrected chi connectivity index (χ1v) is 6.62. The van der Waals surface area contributed by atoms with E-state index in [-0.39, 0.29) is 0 Å². The molecule has 1 aliphatic rings. The lowest BCUT2D eigenvalue weighted by atomic mass is 10.3. The van der Waals surface area contributed by atoms with E-state index in [1.165, 1.54) is 0 Å². The Kier molecular flexibility index (Phi) is 3.52. The maximum Gasteiger partial charge on any atom is 0.180 e. The molecule has 0 saturated carbocycles. The average Bonchev–Trinajstić information content (AvgIpc) is 2.48. The fraction of sp³-hybridized carbons (Fsp3) is 0.462. The Balaban J connectivity index is 1.74. The third-order valence-corrected chi connectivity index (χ3v) is 3.46. The maximum absolute atomic E-state index is 5.58. The largest absolute Gasteiger partial charge is 0.354 e. The van der Waals surface area contributed by atoms with Crippen LogP contribution in [0.5, 0.6) is 0 Å². The van der Waals surface area contributed by atoms with E-state index < -0.39 is 0 Å². The van der Waals surface area contributed by atoms with E-state index in [0.29, 0.717) is 5.65 Å². The van der Waals surface area contributed by atoms with E-state index in [1.54, 1.807) is 12.4 Å². The summed E-state index contributed by atoms with van der Waals surface area (Å²) < 4.78 is 0. The zero-order valence-corrected chi connectivity index (χ0v) is 10.9. The standard InChI is InChI=1S/C13H18N6/c14-3-6-18-7-9-19(10-8-18)12-2-1-11-13(17-12)16-5-4-15-11/h1-2,4-5H,3,6-10,14H2. The molecule has 0 unspecified atom stereocenters. The summed E-state index contributed by atoms with van der Waals surface area (Å²) in [5.41, 5.74) is 7.14. The fourth-order valence-electron chi connectivity index (χ4n) is 2.40. The highest BCUT2D eigenvalue weighted by Crippen LogP contribution is 2.16. The van der Waals surface area contributed by atoms with Crippen LogP contribution >= 0.6 is 0 Å². The molecule has 3 rings (SSSR count). The van der Waals surface area contributed by atoms with Gasteiger partial charge in [0.1, 0.15) is 11.3 Å². The van der Waals surface area contributed by atoms with E-state index >= 15 is 0 Å². The van der Waals surface area contributed by atoms with E-state index in [1.807, 2.05) is 12.1 Å². The minimum Gasteiger partial charge on any atom is -0.354 e. The molecule has 2 aromatic rings. The lowest BCUT2D eigenvalue weighted by Gasteiger charge is -2.35. The van der Waals surface area contributed by atoms with Crippen molar-refractivity contribution in [3.05, 3.63) is 24.5 Å². The Morgan fingerprint density at radius 1 is 1.05 bits per heavy atom. The molecule has 0 aromatic carbocycles. The minimum absolute atomic E-state index is 0.712. The number of nitrogens with zero attached hydrogens (tertiary/aromatic N) is 5. The number of rotatable bonds is 3. The smallest absolute Gasteiger partial charge is 0.180 e. The summed E-state index contributed by atoms with van der Waals surface area (Å²) in [6.45, 7) is 5.75. The second-order valence-corrected chi connectivity index (χ2v) is 4.69. The molecule has 6 nitrogen and oxygen atoms in total. The molecule has 1 fully saturated rings. The van der Waals surface area contributed by atoms with Gasteiger partial charge in [-0.25, -0.2) is 9.97 Å². The van der Waals surface area contributed by atoms with Crippen molar-refractivity contribution in [3.63, 3.8) is 0 Å². The molecular formula is C13H18N6. The lowest BCUT2D eigenvalue weighted by Crippen LogP contribution is -2.48. The molecule has 0 radical (unpaired) electrons. The predicted octanol–water partition coefficient (Wildman–Crippen LogP) is 0.105. The molecule has 0 spiro atoms. The molecule has 1 aliphatic heterocycles. The van der Waals surface area contributed by atoms with Crippen molar-refractivity contribution in [2.45, 2.75) is 0 Å². The van der Waals surface area contributed by atoms with Crippen LogP contribution in [0.1, 0.15) is 0 Å². The topological polar surface area (TPSA) is 71.2 Å². The summed E-state index contributed by atoms with van der Waals surface area (Å²) in [6, 6.07) is 4.01. The van der Waals surface area contributed by atoms with Gasteiger partial charge in [-0.15, -0.1) is 0 Å². The van der Waals surface area contributed by atoms with Crippen LogP contribution in [-0.4, -0.2) is 59.1 Å². The molecule has 100 valence electrons. The Hall–Kier alpha value is -1.79. The number of nitrogens with two attached hydrogens (primary N) is 1. The van der Waals surface area contributed by atoms with Gasteiger partial charge in [0.05, 0.1) is 0 Å². The second kappa shape index (κ2) is 5.46. The number of anilines is 1. The van der Waals surface area contributed by atoms with Gasteiger partial charge in [0, 0.05) is 51.7 Å². The zero-order chi connectivity index (χ0) is 13.1. The molecule has 1 saturated heterocycles. The van der Waals surface area contributed by atoms with Crippen LogP contribution in [0.3, 0.4) is 0 Å². The molecule has 3 heterocycles. The van der Waals surface area contributed by atoms with Crippen molar-refractivity contribution in [3.8, 4) is 0 Å². The summed E-state index contributed by atoms with van der Waals surface area (Å²) in [4.78, 5) is 17.8. The van der Waals surface area contributed by atoms with Gasteiger partial charge >= 0.3 is 0 Å². The van der Waals surface area contributed by atoms with Gasteiger partial charge in [0.2, 0.25) is 0 Å². The second-order valence-electron chi connectivity index (χ2n) is 4.69. The molecule has 2 aromatic heterocycles. The van der Waals surface area contributed by atoms with Crippen LogP contribution < -0.4 is 10.6 Å². The number of hydrogen-bond acceptors (Lipinski definition) is 6. The number of aromatic nitrogens is 3. The molecule has 0 atom stereocenters. The van der Waals surface area contributed by atoms with Crippen molar-refractivity contribution >= 4 is 17.0 Å². The highest BCUT2D eigenvalue weighted by Gasteiger charge is 2.17. The van der Waals surface area contributed by atoms with E-state index in [2.05, 4.69) is 24.8 Å². The summed E-state index contributed by atoms with van der Waals surface area (Å²) >= 11 is 0. The Labute approximate surface area is 112 Å². The van der Waals surface area contributed by atoms with Crippen molar-refractivity contribution in [2.24, 2.45) is 5.73 Å². The summed E-state index contributed by atoms with van der Waals surface area (Å²) in [5.74, 6) is 0.986. The first kappa shape index (κ1) is 12.3. The molecule has 2 N–H and O–H groups in total. The monoisotopic (exact) mass is 258 g/mol. The van der Waals surface area contributed by atoms with Gasteiger partial charge in [-0.2, -0.15) is 0 Å². The highest BCUT2D eigenvalue weighted by atomic mass is 15.3.